The Labute approximate surface area is 184 Å². The van der Waals surface area contributed by atoms with Crippen LogP contribution in [0.1, 0.15) is 137 Å². The van der Waals surface area contributed by atoms with Crippen molar-refractivity contribution in [3.8, 4) is 0 Å². The van der Waals surface area contributed by atoms with E-state index in [2.05, 4.69) is 53.1 Å². The van der Waals surface area contributed by atoms with E-state index in [0.717, 1.165) is 12.8 Å². The molecule has 0 aromatic carbocycles. The number of hydrogen-bond donors (Lipinski definition) is 1. The molecule has 1 N–H and O–H groups in total. The van der Waals surface area contributed by atoms with Gasteiger partial charge in [-0.05, 0) is 65.7 Å². The van der Waals surface area contributed by atoms with Crippen LogP contribution in [-0.2, 0) is 0 Å². The van der Waals surface area contributed by atoms with Gasteiger partial charge in [-0.3, -0.25) is 0 Å². The van der Waals surface area contributed by atoms with Crippen LogP contribution in [0.4, 0.5) is 0 Å². The van der Waals surface area contributed by atoms with Crippen molar-refractivity contribution >= 4 is 0 Å². The first-order valence-corrected chi connectivity index (χ1v) is 12.7. The van der Waals surface area contributed by atoms with Crippen LogP contribution in [0.5, 0.6) is 0 Å². The fraction of sp³-hybridized carbons (Fsp3) is 0.786. The summed E-state index contributed by atoms with van der Waals surface area (Å²) in [6, 6.07) is 0.404. The maximum atomic E-state index is 4.22. The molecular weight excluding hydrogens is 350 g/mol. The first-order chi connectivity index (χ1) is 13.9. The Morgan fingerprint density at radius 2 is 1.07 bits per heavy atom. The summed E-state index contributed by atoms with van der Waals surface area (Å²) in [4.78, 5) is 0. The van der Waals surface area contributed by atoms with Gasteiger partial charge < -0.3 is 5.32 Å². The zero-order valence-electron chi connectivity index (χ0n) is 20.8. The van der Waals surface area contributed by atoms with Crippen molar-refractivity contribution < 1.29 is 0 Å². The van der Waals surface area contributed by atoms with Crippen LogP contribution in [0.3, 0.4) is 0 Å². The number of rotatable bonds is 20. The summed E-state index contributed by atoms with van der Waals surface area (Å²) in [6.07, 6.45) is 21.1. The molecule has 0 saturated heterocycles. The molecule has 0 aromatic rings. The van der Waals surface area contributed by atoms with E-state index in [-0.39, 0.29) is 0 Å². The molecule has 0 amide bonds. The Bertz CT molecular complexity index is 457. The maximum Gasteiger partial charge on any atom is 0.0465 e. The van der Waals surface area contributed by atoms with Gasteiger partial charge in [0.05, 0.1) is 0 Å². The minimum absolute atomic E-state index is 0.404. The summed E-state index contributed by atoms with van der Waals surface area (Å²) in [7, 11) is 0. The van der Waals surface area contributed by atoms with E-state index in [1.165, 1.54) is 101 Å². The average Bonchev–Trinajstić information content (AvgIpc) is 2.69. The van der Waals surface area contributed by atoms with Crippen LogP contribution in [0.15, 0.2) is 35.6 Å². The lowest BCUT2D eigenvalue weighted by Gasteiger charge is -2.21. The zero-order valence-corrected chi connectivity index (χ0v) is 20.8. The second-order valence-corrected chi connectivity index (χ2v) is 9.28. The van der Waals surface area contributed by atoms with Crippen molar-refractivity contribution in [1.82, 2.24) is 5.32 Å². The Kier molecular flexibility index (Phi) is 18.4. The third kappa shape index (κ3) is 16.5. The molecule has 1 nitrogen and oxygen atoms in total. The first kappa shape index (κ1) is 28.0. The highest BCUT2D eigenvalue weighted by atomic mass is 14.9. The molecule has 0 aliphatic heterocycles. The van der Waals surface area contributed by atoms with Crippen molar-refractivity contribution in [2.75, 3.05) is 0 Å². The van der Waals surface area contributed by atoms with Crippen molar-refractivity contribution in [3.05, 3.63) is 35.6 Å². The van der Waals surface area contributed by atoms with Gasteiger partial charge in [-0.2, -0.15) is 0 Å². The molecule has 1 heteroatoms. The molecule has 0 fully saturated rings. The quantitative estimate of drug-likeness (QED) is 0.157. The number of nitrogens with one attached hydrogen (secondary N) is 1. The Morgan fingerprint density at radius 3 is 1.52 bits per heavy atom. The van der Waals surface area contributed by atoms with E-state index in [9.17, 15) is 0 Å². The minimum atomic E-state index is 0.404. The molecule has 1 unspecified atom stereocenters. The van der Waals surface area contributed by atoms with Crippen molar-refractivity contribution in [2.24, 2.45) is 0 Å². The van der Waals surface area contributed by atoms with E-state index < -0.39 is 0 Å². The van der Waals surface area contributed by atoms with Crippen molar-refractivity contribution in [2.45, 2.75) is 143 Å². The van der Waals surface area contributed by atoms with Crippen molar-refractivity contribution in [3.63, 3.8) is 0 Å². The van der Waals surface area contributed by atoms with Gasteiger partial charge in [0.1, 0.15) is 0 Å². The first-order valence-electron chi connectivity index (χ1n) is 12.7. The van der Waals surface area contributed by atoms with Crippen LogP contribution in [0, 0.1) is 0 Å². The van der Waals surface area contributed by atoms with E-state index in [1.54, 1.807) is 11.1 Å². The molecule has 0 aliphatic rings. The summed E-state index contributed by atoms with van der Waals surface area (Å²) in [5, 5.41) is 3.58. The Balaban J connectivity index is 3.74. The lowest BCUT2D eigenvalue weighted by Crippen LogP contribution is -2.28. The predicted molar refractivity (Wildman–Crippen MR) is 134 cm³/mol. The average molecular weight is 404 g/mol. The van der Waals surface area contributed by atoms with E-state index in [4.69, 9.17) is 0 Å². The van der Waals surface area contributed by atoms with Gasteiger partial charge in [-0.15, -0.1) is 0 Å². The van der Waals surface area contributed by atoms with Gasteiger partial charge in [-0.1, -0.05) is 102 Å². The van der Waals surface area contributed by atoms with Gasteiger partial charge in [0.15, 0.2) is 0 Å². The van der Waals surface area contributed by atoms with Gasteiger partial charge >= 0.3 is 0 Å². The molecule has 0 rings (SSSR count). The summed E-state index contributed by atoms with van der Waals surface area (Å²) in [5.74, 6) is 0. The second-order valence-electron chi connectivity index (χ2n) is 9.28. The Hall–Kier alpha value is -0.980. The number of hydrogen-bond acceptors (Lipinski definition) is 1. The van der Waals surface area contributed by atoms with Gasteiger partial charge in [0.25, 0.3) is 0 Å². The number of allylic oxidation sites excluding steroid dienone is 3. The standard InChI is InChI=1S/C28H53N/c1-8-10-11-12-14-17-21-25(5)26(6)22-18-15-13-16-19-23-27(7)29-28(20-9-2)24(3)4/h28-29H,3,7-23H2,1-2,4-6H3/b26-25-. The molecule has 0 bridgehead atoms. The largest absolute Gasteiger partial charge is 0.382 e. The minimum Gasteiger partial charge on any atom is -0.382 e. The fourth-order valence-electron chi connectivity index (χ4n) is 3.91. The monoisotopic (exact) mass is 403 g/mol. The highest BCUT2D eigenvalue weighted by Gasteiger charge is 2.08. The third-order valence-corrected chi connectivity index (χ3v) is 6.21. The van der Waals surface area contributed by atoms with Gasteiger partial charge in [0, 0.05) is 11.7 Å². The molecule has 0 aliphatic carbocycles. The van der Waals surface area contributed by atoms with Crippen molar-refractivity contribution in [1.29, 1.82) is 0 Å². The SMILES string of the molecule is C=C(CCCCCCC/C(C)=C(/C)CCCCCCCC)NC(CCC)C(=C)C. The molecule has 0 saturated carbocycles. The zero-order chi connectivity index (χ0) is 21.9. The van der Waals surface area contributed by atoms with E-state index >= 15 is 0 Å². The highest BCUT2D eigenvalue weighted by molar-refractivity contribution is 5.09. The summed E-state index contributed by atoms with van der Waals surface area (Å²) in [5.41, 5.74) is 5.72. The smallest absolute Gasteiger partial charge is 0.0465 e. The molecule has 29 heavy (non-hydrogen) atoms. The second kappa shape index (κ2) is 19.0. The lowest BCUT2D eigenvalue weighted by atomic mass is 9.98. The molecule has 0 radical (unpaired) electrons. The topological polar surface area (TPSA) is 12.0 Å². The van der Waals surface area contributed by atoms with E-state index in [1.807, 2.05) is 0 Å². The van der Waals surface area contributed by atoms with E-state index in [0.29, 0.717) is 6.04 Å². The van der Waals surface area contributed by atoms with Crippen LogP contribution in [-0.4, -0.2) is 6.04 Å². The van der Waals surface area contributed by atoms with Crippen LogP contribution in [0.2, 0.25) is 0 Å². The molecule has 170 valence electrons. The Morgan fingerprint density at radius 1 is 0.621 bits per heavy atom. The fourth-order valence-corrected chi connectivity index (χ4v) is 3.91. The lowest BCUT2D eigenvalue weighted by molar-refractivity contribution is 0.550. The summed E-state index contributed by atoms with van der Waals surface area (Å²) < 4.78 is 0. The molecule has 0 aromatic heterocycles. The van der Waals surface area contributed by atoms with Crippen LogP contribution in [0.25, 0.3) is 0 Å². The summed E-state index contributed by atoms with van der Waals surface area (Å²) in [6.45, 7) is 19.7. The number of unbranched alkanes of at least 4 members (excludes halogenated alkanes) is 9. The van der Waals surface area contributed by atoms with Crippen LogP contribution >= 0.6 is 0 Å². The molecular formula is C28H53N. The molecule has 0 spiro atoms. The van der Waals surface area contributed by atoms with Gasteiger partial charge in [0.2, 0.25) is 0 Å². The van der Waals surface area contributed by atoms with Gasteiger partial charge in [-0.25, -0.2) is 0 Å². The highest BCUT2D eigenvalue weighted by Crippen LogP contribution is 2.19. The maximum absolute atomic E-state index is 4.22. The normalized spacial score (nSPS) is 13.1. The van der Waals surface area contributed by atoms with Crippen LogP contribution < -0.4 is 5.32 Å². The molecule has 0 heterocycles. The molecule has 1 atom stereocenters. The predicted octanol–water partition coefficient (Wildman–Crippen LogP) is 9.65. The summed E-state index contributed by atoms with van der Waals surface area (Å²) >= 11 is 0. The third-order valence-electron chi connectivity index (χ3n) is 6.21.